The summed E-state index contributed by atoms with van der Waals surface area (Å²) >= 11 is 0. The number of nitrogens with one attached hydrogen (secondary N) is 3. The third-order valence-corrected chi connectivity index (χ3v) is 2.34. The molecule has 0 aromatic heterocycles. The Labute approximate surface area is 117 Å². The molecule has 0 aromatic carbocycles. The first kappa shape index (κ1) is 17.7. The van der Waals surface area contributed by atoms with E-state index in [2.05, 4.69) is 20.9 Å². The van der Waals surface area contributed by atoms with E-state index < -0.39 is 11.9 Å². The lowest BCUT2D eigenvalue weighted by molar-refractivity contribution is -0.129. The van der Waals surface area contributed by atoms with E-state index in [-0.39, 0.29) is 24.3 Å². The Bertz CT molecular complexity index is 378. The number of rotatable bonds is 8. The van der Waals surface area contributed by atoms with Gasteiger partial charge in [0.25, 0.3) is 0 Å². The van der Waals surface area contributed by atoms with Crippen LogP contribution in [0.3, 0.4) is 0 Å². The zero-order chi connectivity index (χ0) is 15.5. The van der Waals surface area contributed by atoms with Gasteiger partial charge in [0, 0.05) is 20.5 Å². The van der Waals surface area contributed by atoms with Crippen molar-refractivity contribution in [2.75, 3.05) is 20.1 Å². The van der Waals surface area contributed by atoms with Crippen LogP contribution in [0.15, 0.2) is 4.99 Å². The van der Waals surface area contributed by atoms with Crippen LogP contribution in [0.4, 0.5) is 0 Å². The third kappa shape index (κ3) is 8.72. The van der Waals surface area contributed by atoms with Gasteiger partial charge < -0.3 is 27.4 Å². The number of amides is 3. The van der Waals surface area contributed by atoms with Crippen LogP contribution < -0.4 is 27.4 Å². The number of hydrogen-bond donors (Lipinski definition) is 5. The molecule has 7 N–H and O–H groups in total. The molecule has 0 fully saturated rings. The van der Waals surface area contributed by atoms with E-state index >= 15 is 0 Å². The summed E-state index contributed by atoms with van der Waals surface area (Å²) in [5.41, 5.74) is 10.4. The Morgan fingerprint density at radius 3 is 2.40 bits per heavy atom. The van der Waals surface area contributed by atoms with Gasteiger partial charge in [0.15, 0.2) is 5.96 Å². The van der Waals surface area contributed by atoms with E-state index in [1.54, 1.807) is 0 Å². The maximum atomic E-state index is 11.6. The minimum atomic E-state index is -0.685. The Morgan fingerprint density at radius 1 is 1.25 bits per heavy atom. The molecule has 9 heteroatoms. The van der Waals surface area contributed by atoms with Crippen molar-refractivity contribution in [1.29, 1.82) is 0 Å². The van der Waals surface area contributed by atoms with Gasteiger partial charge in [-0.25, -0.2) is 0 Å². The molecule has 1 atom stereocenters. The van der Waals surface area contributed by atoms with E-state index in [0.29, 0.717) is 19.4 Å². The van der Waals surface area contributed by atoms with Crippen LogP contribution >= 0.6 is 0 Å². The highest BCUT2D eigenvalue weighted by Crippen LogP contribution is 1.98. The standard InChI is InChI=1S/C11H22N6O3/c1-7(18)16-6-9(19)17-8(10(20)14-2)4-3-5-15-11(12)13/h8H,3-6H2,1-2H3,(H,14,20)(H,16,18)(H,17,19)(H4,12,13,15). The van der Waals surface area contributed by atoms with Gasteiger partial charge in [-0.15, -0.1) is 0 Å². The lowest BCUT2D eigenvalue weighted by Crippen LogP contribution is -2.48. The van der Waals surface area contributed by atoms with Gasteiger partial charge in [-0.1, -0.05) is 0 Å². The monoisotopic (exact) mass is 286 g/mol. The molecule has 0 saturated heterocycles. The highest BCUT2D eigenvalue weighted by Gasteiger charge is 2.19. The zero-order valence-electron chi connectivity index (χ0n) is 11.7. The van der Waals surface area contributed by atoms with Crippen LogP contribution in [0.1, 0.15) is 19.8 Å². The fourth-order valence-corrected chi connectivity index (χ4v) is 1.40. The van der Waals surface area contributed by atoms with E-state index in [1.807, 2.05) is 0 Å². The lowest BCUT2D eigenvalue weighted by atomic mass is 10.1. The van der Waals surface area contributed by atoms with Crippen molar-refractivity contribution in [3.8, 4) is 0 Å². The van der Waals surface area contributed by atoms with Crippen LogP contribution in [0.5, 0.6) is 0 Å². The van der Waals surface area contributed by atoms with Crippen molar-refractivity contribution < 1.29 is 14.4 Å². The van der Waals surface area contributed by atoms with Crippen LogP contribution in [0.2, 0.25) is 0 Å². The van der Waals surface area contributed by atoms with Crippen molar-refractivity contribution in [2.45, 2.75) is 25.8 Å². The highest BCUT2D eigenvalue weighted by molar-refractivity contribution is 5.89. The predicted octanol–water partition coefficient (Wildman–Crippen LogP) is -2.59. The average Bonchev–Trinajstić information content (AvgIpc) is 2.38. The molecule has 0 heterocycles. The first-order valence-corrected chi connectivity index (χ1v) is 6.17. The number of guanidine groups is 1. The fourth-order valence-electron chi connectivity index (χ4n) is 1.40. The molecule has 0 radical (unpaired) electrons. The van der Waals surface area contributed by atoms with Crippen molar-refractivity contribution in [3.63, 3.8) is 0 Å². The summed E-state index contributed by atoms with van der Waals surface area (Å²) in [6, 6.07) is -0.685. The summed E-state index contributed by atoms with van der Waals surface area (Å²) in [4.78, 5) is 37.6. The van der Waals surface area contributed by atoms with E-state index in [9.17, 15) is 14.4 Å². The summed E-state index contributed by atoms with van der Waals surface area (Å²) in [7, 11) is 1.48. The Kier molecular flexibility index (Phi) is 8.48. The number of carbonyl (C=O) groups excluding carboxylic acids is 3. The number of aliphatic imine (C=N–C) groups is 1. The minimum Gasteiger partial charge on any atom is -0.370 e. The van der Waals surface area contributed by atoms with Crippen molar-refractivity contribution in [2.24, 2.45) is 16.5 Å². The van der Waals surface area contributed by atoms with Crippen LogP contribution in [-0.4, -0.2) is 49.9 Å². The first-order valence-electron chi connectivity index (χ1n) is 6.17. The maximum Gasteiger partial charge on any atom is 0.242 e. The summed E-state index contributed by atoms with van der Waals surface area (Å²) in [5.74, 6) is -1.08. The molecular formula is C11H22N6O3. The Morgan fingerprint density at radius 2 is 1.90 bits per heavy atom. The van der Waals surface area contributed by atoms with E-state index in [1.165, 1.54) is 14.0 Å². The van der Waals surface area contributed by atoms with Gasteiger partial charge in [-0.3, -0.25) is 19.4 Å². The number of hydrogen-bond acceptors (Lipinski definition) is 4. The van der Waals surface area contributed by atoms with Gasteiger partial charge in [0.1, 0.15) is 6.04 Å². The zero-order valence-corrected chi connectivity index (χ0v) is 11.7. The van der Waals surface area contributed by atoms with Crippen LogP contribution in [0, 0.1) is 0 Å². The molecule has 0 bridgehead atoms. The highest BCUT2D eigenvalue weighted by atomic mass is 16.2. The summed E-state index contributed by atoms with van der Waals surface area (Å²) in [6.45, 7) is 1.51. The normalized spacial score (nSPS) is 11.1. The van der Waals surface area contributed by atoms with Crippen molar-refractivity contribution in [1.82, 2.24) is 16.0 Å². The topological polar surface area (TPSA) is 152 Å². The Balaban J connectivity index is 4.27. The SMILES string of the molecule is CNC(=O)C(CCCN=C(N)N)NC(=O)CNC(C)=O. The second-order valence-electron chi connectivity index (χ2n) is 4.09. The molecule has 3 amide bonds. The van der Waals surface area contributed by atoms with Crippen molar-refractivity contribution >= 4 is 23.7 Å². The minimum absolute atomic E-state index is 0.0174. The molecule has 114 valence electrons. The maximum absolute atomic E-state index is 11.6. The molecule has 0 spiro atoms. The predicted molar refractivity (Wildman–Crippen MR) is 74.6 cm³/mol. The number of nitrogens with two attached hydrogens (primary N) is 2. The summed E-state index contributed by atoms with van der Waals surface area (Å²) in [6.07, 6.45) is 0.929. The third-order valence-electron chi connectivity index (χ3n) is 2.34. The number of nitrogens with zero attached hydrogens (tertiary/aromatic N) is 1. The van der Waals surface area contributed by atoms with Gasteiger partial charge >= 0.3 is 0 Å². The van der Waals surface area contributed by atoms with Crippen molar-refractivity contribution in [3.05, 3.63) is 0 Å². The van der Waals surface area contributed by atoms with Crippen LogP contribution in [0.25, 0.3) is 0 Å². The molecule has 0 aromatic rings. The molecule has 1 unspecified atom stereocenters. The molecule has 20 heavy (non-hydrogen) atoms. The molecule has 0 aliphatic carbocycles. The van der Waals surface area contributed by atoms with Gasteiger partial charge in [-0.2, -0.15) is 0 Å². The fraction of sp³-hybridized carbons (Fsp3) is 0.636. The average molecular weight is 286 g/mol. The molecule has 0 saturated carbocycles. The second-order valence-corrected chi connectivity index (χ2v) is 4.09. The van der Waals surface area contributed by atoms with Gasteiger partial charge in [0.05, 0.1) is 6.54 Å². The number of carbonyl (C=O) groups is 3. The van der Waals surface area contributed by atoms with E-state index in [4.69, 9.17) is 11.5 Å². The molecule has 0 rings (SSSR count). The summed E-state index contributed by atoms with van der Waals surface area (Å²) in [5, 5.41) is 7.35. The molecule has 0 aliphatic rings. The smallest absolute Gasteiger partial charge is 0.242 e. The first-order chi connectivity index (χ1) is 9.36. The van der Waals surface area contributed by atoms with Gasteiger partial charge in [0.2, 0.25) is 17.7 Å². The second kappa shape index (κ2) is 9.59. The van der Waals surface area contributed by atoms with E-state index in [0.717, 1.165) is 0 Å². The largest absolute Gasteiger partial charge is 0.370 e. The summed E-state index contributed by atoms with van der Waals surface area (Å²) < 4.78 is 0. The molecular weight excluding hydrogens is 264 g/mol. The van der Waals surface area contributed by atoms with Gasteiger partial charge in [-0.05, 0) is 12.8 Å². The molecule has 0 aliphatic heterocycles. The number of likely N-dealkylation sites (N-methyl/N-ethyl adjacent to an activating group) is 1. The Hall–Kier alpha value is -2.32. The lowest BCUT2D eigenvalue weighted by Gasteiger charge is -2.17. The van der Waals surface area contributed by atoms with Crippen LogP contribution in [-0.2, 0) is 14.4 Å². The molecule has 9 nitrogen and oxygen atoms in total. The quantitative estimate of drug-likeness (QED) is 0.188.